The summed E-state index contributed by atoms with van der Waals surface area (Å²) in [6, 6.07) is 1.03. The summed E-state index contributed by atoms with van der Waals surface area (Å²) in [5.41, 5.74) is 0.743. The SMILES string of the molecule is COC(=O)C(NCc1[nH]ccc1C(=O)O)C(C)C. The largest absolute Gasteiger partial charge is 0.478 e. The molecule has 0 radical (unpaired) electrons. The number of H-pyrrole nitrogens is 1. The van der Waals surface area contributed by atoms with Crippen LogP contribution in [-0.2, 0) is 16.1 Å². The highest BCUT2D eigenvalue weighted by molar-refractivity contribution is 5.89. The van der Waals surface area contributed by atoms with Gasteiger partial charge >= 0.3 is 11.9 Å². The number of rotatable bonds is 6. The standard InChI is InChI=1S/C12H18N2O4/c1-7(2)10(12(17)18-3)14-6-9-8(11(15)16)4-5-13-9/h4-5,7,10,13-14H,6H2,1-3H3,(H,15,16). The Balaban J connectivity index is 2.70. The summed E-state index contributed by atoms with van der Waals surface area (Å²) in [6.07, 6.45) is 1.56. The van der Waals surface area contributed by atoms with Crippen LogP contribution in [0.5, 0.6) is 0 Å². The molecule has 100 valence electrons. The number of hydrogen-bond donors (Lipinski definition) is 3. The Labute approximate surface area is 105 Å². The van der Waals surface area contributed by atoms with Crippen molar-refractivity contribution in [2.75, 3.05) is 7.11 Å². The van der Waals surface area contributed by atoms with Gasteiger partial charge in [-0.1, -0.05) is 13.8 Å². The maximum Gasteiger partial charge on any atom is 0.337 e. The third-order valence-corrected chi connectivity index (χ3v) is 2.68. The Kier molecular flexibility index (Phi) is 4.91. The van der Waals surface area contributed by atoms with Crippen LogP contribution in [0.25, 0.3) is 0 Å². The molecule has 0 aromatic carbocycles. The third-order valence-electron chi connectivity index (χ3n) is 2.68. The van der Waals surface area contributed by atoms with Gasteiger partial charge in [-0.2, -0.15) is 0 Å². The van der Waals surface area contributed by atoms with Gasteiger partial charge in [-0.15, -0.1) is 0 Å². The van der Waals surface area contributed by atoms with Crippen LogP contribution in [-0.4, -0.2) is 35.2 Å². The summed E-state index contributed by atoms with van der Waals surface area (Å²) < 4.78 is 4.69. The first-order valence-corrected chi connectivity index (χ1v) is 5.68. The first-order valence-electron chi connectivity index (χ1n) is 5.68. The van der Waals surface area contributed by atoms with Crippen LogP contribution < -0.4 is 5.32 Å². The third kappa shape index (κ3) is 3.33. The van der Waals surface area contributed by atoms with Gasteiger partial charge in [0.2, 0.25) is 0 Å². The Hall–Kier alpha value is -1.82. The van der Waals surface area contributed by atoms with Crippen molar-refractivity contribution in [3.8, 4) is 0 Å². The second kappa shape index (κ2) is 6.20. The van der Waals surface area contributed by atoms with Crippen molar-refractivity contribution >= 4 is 11.9 Å². The van der Waals surface area contributed by atoms with E-state index in [1.54, 1.807) is 6.20 Å². The number of methoxy groups -OCH3 is 1. The van der Waals surface area contributed by atoms with Gasteiger partial charge in [0.05, 0.1) is 12.7 Å². The summed E-state index contributed by atoms with van der Waals surface area (Å²) >= 11 is 0. The normalized spacial score (nSPS) is 12.4. The zero-order valence-corrected chi connectivity index (χ0v) is 10.7. The second-order valence-electron chi connectivity index (χ2n) is 4.30. The topological polar surface area (TPSA) is 91.4 Å². The molecular formula is C12H18N2O4. The quantitative estimate of drug-likeness (QED) is 0.659. The van der Waals surface area contributed by atoms with Crippen LogP contribution in [0.15, 0.2) is 12.3 Å². The van der Waals surface area contributed by atoms with Crippen molar-refractivity contribution in [1.29, 1.82) is 0 Å². The van der Waals surface area contributed by atoms with E-state index in [-0.39, 0.29) is 24.0 Å². The average molecular weight is 254 g/mol. The maximum absolute atomic E-state index is 11.5. The van der Waals surface area contributed by atoms with E-state index in [2.05, 4.69) is 10.3 Å². The first kappa shape index (κ1) is 14.2. The van der Waals surface area contributed by atoms with Crippen molar-refractivity contribution in [3.63, 3.8) is 0 Å². The summed E-state index contributed by atoms with van der Waals surface area (Å²) in [5, 5.41) is 11.9. The van der Waals surface area contributed by atoms with Crippen molar-refractivity contribution in [3.05, 3.63) is 23.5 Å². The first-order chi connectivity index (χ1) is 8.47. The van der Waals surface area contributed by atoms with Gasteiger partial charge in [-0.3, -0.25) is 10.1 Å². The molecule has 0 amide bonds. The minimum atomic E-state index is -0.993. The van der Waals surface area contributed by atoms with Gasteiger partial charge in [0.15, 0.2) is 0 Å². The van der Waals surface area contributed by atoms with Crippen LogP contribution in [0.2, 0.25) is 0 Å². The van der Waals surface area contributed by atoms with Crippen LogP contribution >= 0.6 is 0 Å². The molecule has 1 heterocycles. The molecule has 1 rings (SSSR count). The zero-order chi connectivity index (χ0) is 13.7. The monoisotopic (exact) mass is 254 g/mol. The van der Waals surface area contributed by atoms with Crippen LogP contribution in [0.3, 0.4) is 0 Å². The van der Waals surface area contributed by atoms with Gasteiger partial charge in [0.25, 0.3) is 0 Å². The average Bonchev–Trinajstić information content (AvgIpc) is 2.76. The summed E-state index contributed by atoms with van der Waals surface area (Å²) in [4.78, 5) is 25.3. The zero-order valence-electron chi connectivity index (χ0n) is 10.7. The number of esters is 1. The molecule has 0 saturated heterocycles. The minimum absolute atomic E-state index is 0.0562. The molecular weight excluding hydrogens is 236 g/mol. The number of aromatic nitrogens is 1. The van der Waals surface area contributed by atoms with Crippen molar-refractivity contribution < 1.29 is 19.4 Å². The van der Waals surface area contributed by atoms with E-state index >= 15 is 0 Å². The molecule has 1 atom stereocenters. The summed E-state index contributed by atoms with van der Waals surface area (Å²) in [7, 11) is 1.33. The molecule has 0 spiro atoms. The number of aromatic amines is 1. The van der Waals surface area contributed by atoms with Crippen LogP contribution in [0, 0.1) is 5.92 Å². The molecule has 0 aliphatic heterocycles. The van der Waals surface area contributed by atoms with Gasteiger partial charge in [-0.25, -0.2) is 4.79 Å². The lowest BCUT2D eigenvalue weighted by Crippen LogP contribution is -2.41. The van der Waals surface area contributed by atoms with Crippen LogP contribution in [0.4, 0.5) is 0 Å². The molecule has 0 aliphatic rings. The van der Waals surface area contributed by atoms with E-state index in [4.69, 9.17) is 9.84 Å². The molecule has 0 fully saturated rings. The second-order valence-corrected chi connectivity index (χ2v) is 4.30. The Morgan fingerprint density at radius 3 is 2.67 bits per heavy atom. The number of ether oxygens (including phenoxy) is 1. The fourth-order valence-corrected chi connectivity index (χ4v) is 1.68. The Morgan fingerprint density at radius 1 is 1.50 bits per heavy atom. The van der Waals surface area contributed by atoms with Gasteiger partial charge < -0.3 is 14.8 Å². The molecule has 1 aromatic rings. The van der Waals surface area contributed by atoms with Gasteiger partial charge in [0, 0.05) is 18.4 Å². The number of carboxylic acid groups (broad SMARTS) is 1. The minimum Gasteiger partial charge on any atom is -0.478 e. The molecule has 6 heteroatoms. The number of hydrogen-bond acceptors (Lipinski definition) is 4. The predicted molar refractivity (Wildman–Crippen MR) is 65.2 cm³/mol. The van der Waals surface area contributed by atoms with Gasteiger partial charge in [0.1, 0.15) is 6.04 Å². The molecule has 0 bridgehead atoms. The Bertz CT molecular complexity index is 425. The van der Waals surface area contributed by atoms with Crippen LogP contribution in [0.1, 0.15) is 29.9 Å². The molecule has 6 nitrogen and oxygen atoms in total. The lowest BCUT2D eigenvalue weighted by molar-refractivity contribution is -0.144. The van der Waals surface area contributed by atoms with E-state index in [0.717, 1.165) is 0 Å². The summed E-state index contributed by atoms with van der Waals surface area (Å²) in [6.45, 7) is 4.05. The fourth-order valence-electron chi connectivity index (χ4n) is 1.68. The number of nitrogens with one attached hydrogen (secondary N) is 2. The van der Waals surface area contributed by atoms with E-state index in [9.17, 15) is 9.59 Å². The smallest absolute Gasteiger partial charge is 0.337 e. The molecule has 0 saturated carbocycles. The molecule has 3 N–H and O–H groups in total. The lowest BCUT2D eigenvalue weighted by Gasteiger charge is -2.19. The van der Waals surface area contributed by atoms with E-state index < -0.39 is 12.0 Å². The van der Waals surface area contributed by atoms with Crippen molar-refractivity contribution in [1.82, 2.24) is 10.3 Å². The number of carbonyl (C=O) groups excluding carboxylic acids is 1. The summed E-state index contributed by atoms with van der Waals surface area (Å²) in [5.74, 6) is -1.29. The lowest BCUT2D eigenvalue weighted by atomic mass is 10.0. The van der Waals surface area contributed by atoms with E-state index in [1.165, 1.54) is 13.2 Å². The van der Waals surface area contributed by atoms with E-state index in [1.807, 2.05) is 13.8 Å². The van der Waals surface area contributed by atoms with Crippen molar-refractivity contribution in [2.24, 2.45) is 5.92 Å². The molecule has 18 heavy (non-hydrogen) atoms. The maximum atomic E-state index is 11.5. The molecule has 1 aromatic heterocycles. The Morgan fingerprint density at radius 2 is 2.17 bits per heavy atom. The predicted octanol–water partition coefficient (Wildman–Crippen LogP) is 1.00. The highest BCUT2D eigenvalue weighted by Gasteiger charge is 2.23. The highest BCUT2D eigenvalue weighted by atomic mass is 16.5. The van der Waals surface area contributed by atoms with Crippen molar-refractivity contribution in [2.45, 2.75) is 26.4 Å². The number of carboxylic acids is 1. The number of carbonyl (C=O) groups is 2. The molecule has 1 unspecified atom stereocenters. The fraction of sp³-hybridized carbons (Fsp3) is 0.500. The molecule has 0 aliphatic carbocycles. The number of aromatic carboxylic acids is 1. The highest BCUT2D eigenvalue weighted by Crippen LogP contribution is 2.09. The van der Waals surface area contributed by atoms with Gasteiger partial charge in [-0.05, 0) is 12.0 Å². The van der Waals surface area contributed by atoms with E-state index in [0.29, 0.717) is 5.69 Å².